The minimum Gasteiger partial charge on any atom is -0.489 e. The zero-order chi connectivity index (χ0) is 25.7. The van der Waals surface area contributed by atoms with Gasteiger partial charge in [-0.3, -0.25) is 10.2 Å². The van der Waals surface area contributed by atoms with Crippen LogP contribution in [0.2, 0.25) is 0 Å². The van der Waals surface area contributed by atoms with Crippen LogP contribution < -0.4 is 9.64 Å². The van der Waals surface area contributed by atoms with Crippen LogP contribution in [0.5, 0.6) is 5.75 Å². The molecule has 0 unspecified atom stereocenters. The molecule has 2 aromatic rings. The van der Waals surface area contributed by atoms with Crippen LogP contribution in [-0.4, -0.2) is 57.8 Å². The van der Waals surface area contributed by atoms with E-state index in [0.717, 1.165) is 23.2 Å². The summed E-state index contributed by atoms with van der Waals surface area (Å²) in [5, 5.41) is 18.5. The van der Waals surface area contributed by atoms with Crippen molar-refractivity contribution < 1.29 is 19.4 Å². The van der Waals surface area contributed by atoms with Crippen molar-refractivity contribution >= 4 is 40.3 Å². The van der Waals surface area contributed by atoms with E-state index in [1.54, 1.807) is 24.8 Å². The van der Waals surface area contributed by atoms with Crippen molar-refractivity contribution in [2.24, 2.45) is 0 Å². The molecular weight excluding hydrogens is 524 g/mol. The molecule has 2 N–H and O–H groups in total. The van der Waals surface area contributed by atoms with Gasteiger partial charge in [-0.25, -0.2) is 9.78 Å². The number of nitrogens with one attached hydrogen (secondary N) is 1. The molecule has 0 fully saturated rings. The van der Waals surface area contributed by atoms with E-state index >= 15 is 0 Å². The minimum absolute atomic E-state index is 0. The number of nitrogens with zero attached hydrogens (tertiary/aromatic N) is 3. The van der Waals surface area contributed by atoms with E-state index < -0.39 is 11.5 Å². The molecule has 0 radical (unpaired) electrons. The summed E-state index contributed by atoms with van der Waals surface area (Å²) in [6, 6.07) is 7.56. The van der Waals surface area contributed by atoms with Gasteiger partial charge in [0.25, 0.3) is 0 Å². The van der Waals surface area contributed by atoms with Crippen LogP contribution >= 0.6 is 17.0 Å². The van der Waals surface area contributed by atoms with Crippen molar-refractivity contribution in [1.29, 1.82) is 5.41 Å². The normalized spacial score (nSPS) is 15.1. The first-order chi connectivity index (χ1) is 16.3. The molecule has 1 aromatic carbocycles. The predicted molar refractivity (Wildman–Crippen MR) is 145 cm³/mol. The Morgan fingerprint density at radius 2 is 1.86 bits per heavy atom. The lowest BCUT2D eigenvalue weighted by Gasteiger charge is -2.42. The Morgan fingerprint density at radius 1 is 1.17 bits per heavy atom. The third kappa shape index (κ3) is 4.85. The number of Topliss-reactive ketones (excluding diaryl/α,β-unsaturated/α-hetero) is 1. The summed E-state index contributed by atoms with van der Waals surface area (Å²) in [6.07, 6.45) is 0.787. The fourth-order valence-electron chi connectivity index (χ4n) is 4.63. The number of fused-ring (bicyclic) bond motifs is 2. The fraction of sp³-hybridized carbons (Fsp3) is 0.481. The molecule has 36 heavy (non-hydrogen) atoms. The molecule has 8 nitrogen and oxygen atoms in total. The number of benzene rings is 1. The van der Waals surface area contributed by atoms with E-state index in [-0.39, 0.29) is 40.6 Å². The number of pyridine rings is 1. The number of carboxylic acid groups (broad SMARTS) is 1. The first kappa shape index (κ1) is 27.6. The van der Waals surface area contributed by atoms with Gasteiger partial charge in [-0.15, -0.1) is 17.0 Å². The number of amidine groups is 1. The number of aromatic nitrogens is 1. The molecule has 0 bridgehead atoms. The molecular formula is C27H35BrN4O4. The summed E-state index contributed by atoms with van der Waals surface area (Å²) in [7, 11) is 0. The van der Waals surface area contributed by atoms with Gasteiger partial charge in [-0.1, -0.05) is 33.8 Å². The Kier molecular flexibility index (Phi) is 7.56. The van der Waals surface area contributed by atoms with Crippen LogP contribution in [0.3, 0.4) is 0 Å². The van der Waals surface area contributed by atoms with Crippen molar-refractivity contribution in [3.63, 3.8) is 0 Å². The standard InChI is InChI=1S/C27H34N4O4.BrH/c1-7-18-9-8-16-14-30(24(28)22(16)29-18)15-21(32)17-12-19(26(2,3)4)23-20(13-17)31(10-11-35-23)27(5,6)25(33)34;/h8-9,12-13,28H,7,10-11,14-15H2,1-6H3,(H,33,34);1H. The number of carbonyl (C=O) groups excluding carboxylic acids is 1. The highest BCUT2D eigenvalue weighted by Gasteiger charge is 2.40. The highest BCUT2D eigenvalue weighted by Crippen LogP contribution is 2.44. The Labute approximate surface area is 222 Å². The molecule has 2 aliphatic heterocycles. The number of ketones is 1. The van der Waals surface area contributed by atoms with Crippen molar-refractivity contribution in [2.75, 3.05) is 24.6 Å². The lowest BCUT2D eigenvalue weighted by atomic mass is 9.83. The molecule has 0 saturated heterocycles. The van der Waals surface area contributed by atoms with Gasteiger partial charge in [-0.2, -0.15) is 0 Å². The SMILES string of the molecule is Br.CCc1ccc2c(n1)C(=N)N(CC(=O)c1cc3c(c(C(C)(C)C)c1)OCCN3C(C)(C)C(=O)O)C2. The van der Waals surface area contributed by atoms with Crippen LogP contribution in [0, 0.1) is 5.41 Å². The summed E-state index contributed by atoms with van der Waals surface area (Å²) >= 11 is 0. The quantitative estimate of drug-likeness (QED) is 0.498. The zero-order valence-electron chi connectivity index (χ0n) is 21.8. The molecule has 1 aromatic heterocycles. The molecule has 3 heterocycles. The second kappa shape index (κ2) is 9.84. The molecule has 2 aliphatic rings. The first-order valence-electron chi connectivity index (χ1n) is 12.0. The second-order valence-corrected chi connectivity index (χ2v) is 10.8. The van der Waals surface area contributed by atoms with Crippen LogP contribution in [0.4, 0.5) is 5.69 Å². The van der Waals surface area contributed by atoms with Gasteiger partial charge < -0.3 is 19.6 Å². The Bertz CT molecular complexity index is 1220. The van der Waals surface area contributed by atoms with Crippen molar-refractivity contribution in [1.82, 2.24) is 9.88 Å². The van der Waals surface area contributed by atoms with Crippen LogP contribution in [-0.2, 0) is 23.2 Å². The number of halogens is 1. The molecule has 0 amide bonds. The number of aryl methyl sites for hydroxylation is 1. The lowest BCUT2D eigenvalue weighted by Crippen LogP contribution is -2.53. The fourth-order valence-corrected chi connectivity index (χ4v) is 4.63. The summed E-state index contributed by atoms with van der Waals surface area (Å²) < 4.78 is 6.04. The zero-order valence-corrected chi connectivity index (χ0v) is 23.5. The molecule has 4 rings (SSSR count). The van der Waals surface area contributed by atoms with Crippen molar-refractivity contribution in [2.45, 2.75) is 65.5 Å². The first-order valence-corrected chi connectivity index (χ1v) is 12.0. The number of aliphatic carboxylic acids is 1. The summed E-state index contributed by atoms with van der Waals surface area (Å²) in [5.74, 6) is -0.186. The van der Waals surface area contributed by atoms with Crippen LogP contribution in [0.25, 0.3) is 0 Å². The van der Waals surface area contributed by atoms with E-state index in [4.69, 9.17) is 10.1 Å². The third-order valence-corrected chi connectivity index (χ3v) is 6.88. The van der Waals surface area contributed by atoms with Crippen molar-refractivity contribution in [3.05, 3.63) is 52.3 Å². The predicted octanol–water partition coefficient (Wildman–Crippen LogP) is 4.61. The van der Waals surface area contributed by atoms with Gasteiger partial charge in [0.15, 0.2) is 5.78 Å². The smallest absolute Gasteiger partial charge is 0.328 e. The Balaban J connectivity index is 0.00000361. The number of carbonyl (C=O) groups is 2. The molecule has 9 heteroatoms. The Hall–Kier alpha value is -2.94. The van der Waals surface area contributed by atoms with Gasteiger partial charge in [0.05, 0.1) is 18.8 Å². The number of ether oxygens (including phenoxy) is 1. The van der Waals surface area contributed by atoms with E-state index in [1.165, 1.54) is 0 Å². The monoisotopic (exact) mass is 558 g/mol. The molecule has 0 saturated carbocycles. The minimum atomic E-state index is -1.17. The summed E-state index contributed by atoms with van der Waals surface area (Å²) in [4.78, 5) is 33.7. The van der Waals surface area contributed by atoms with Gasteiger partial charge >= 0.3 is 5.97 Å². The largest absolute Gasteiger partial charge is 0.489 e. The average molecular weight is 560 g/mol. The molecule has 194 valence electrons. The van der Waals surface area contributed by atoms with Crippen LogP contribution in [0.15, 0.2) is 24.3 Å². The number of hydrogen-bond donors (Lipinski definition) is 2. The van der Waals surface area contributed by atoms with E-state index in [0.29, 0.717) is 42.4 Å². The highest BCUT2D eigenvalue weighted by atomic mass is 79.9. The van der Waals surface area contributed by atoms with Gasteiger partial charge in [0.1, 0.15) is 29.4 Å². The number of carboxylic acids is 1. The number of hydrogen-bond acceptors (Lipinski definition) is 6. The Morgan fingerprint density at radius 3 is 2.47 bits per heavy atom. The van der Waals surface area contributed by atoms with Crippen molar-refractivity contribution in [3.8, 4) is 5.75 Å². The van der Waals surface area contributed by atoms with Crippen LogP contribution in [0.1, 0.15) is 74.4 Å². The van der Waals surface area contributed by atoms with E-state index in [1.807, 2.05) is 50.8 Å². The maximum absolute atomic E-state index is 13.5. The maximum Gasteiger partial charge on any atom is 0.328 e. The second-order valence-electron chi connectivity index (χ2n) is 10.8. The molecule has 0 aliphatic carbocycles. The average Bonchev–Trinajstić information content (AvgIpc) is 3.11. The lowest BCUT2D eigenvalue weighted by molar-refractivity contribution is -0.142. The molecule has 0 atom stereocenters. The molecule has 0 spiro atoms. The third-order valence-electron chi connectivity index (χ3n) is 6.88. The number of anilines is 1. The maximum atomic E-state index is 13.5. The summed E-state index contributed by atoms with van der Waals surface area (Å²) in [5.41, 5.74) is 2.98. The van der Waals surface area contributed by atoms with E-state index in [9.17, 15) is 14.7 Å². The van der Waals surface area contributed by atoms with Gasteiger partial charge in [0.2, 0.25) is 0 Å². The summed E-state index contributed by atoms with van der Waals surface area (Å²) in [6.45, 7) is 12.8. The number of rotatable bonds is 6. The van der Waals surface area contributed by atoms with Gasteiger partial charge in [0, 0.05) is 28.9 Å². The van der Waals surface area contributed by atoms with E-state index in [2.05, 4.69) is 4.98 Å². The topological polar surface area (TPSA) is 107 Å². The highest BCUT2D eigenvalue weighted by molar-refractivity contribution is 8.93. The van der Waals surface area contributed by atoms with Gasteiger partial charge in [-0.05, 0) is 43.9 Å².